The zero-order valence-corrected chi connectivity index (χ0v) is 11.5. The molecule has 1 aliphatic rings. The molecule has 0 aliphatic heterocycles. The quantitative estimate of drug-likeness (QED) is 0.825. The Hall–Kier alpha value is -1.43. The minimum Gasteiger partial charge on any atom is -0.352 e. The molecule has 1 amide bonds. The first-order valence-corrected chi connectivity index (χ1v) is 7.07. The maximum Gasteiger partial charge on any atom is 0.242 e. The Labute approximate surface area is 113 Å². The molecule has 6 nitrogen and oxygen atoms in total. The summed E-state index contributed by atoms with van der Waals surface area (Å²) in [5.74, 6) is 0.611. The second kappa shape index (κ2) is 6.65. The minimum absolute atomic E-state index is 0.00783. The third-order valence-corrected chi connectivity index (χ3v) is 3.85. The molecule has 6 heteroatoms. The number of aromatic nitrogens is 3. The molecule has 1 saturated carbocycles. The van der Waals surface area contributed by atoms with E-state index >= 15 is 0 Å². The standard InChI is InChI=1S/C13H23N5O/c1-10(11-5-3-2-4-6-11)15-13(19)9-18-8-12(7-14)16-17-18/h8,10-11H,2-7,9,14H2,1H3,(H,15,19). The second-order valence-corrected chi connectivity index (χ2v) is 5.37. The molecule has 0 bridgehead atoms. The number of rotatable bonds is 5. The Kier molecular flexibility index (Phi) is 4.90. The molecule has 1 atom stereocenters. The Bertz CT molecular complexity index is 411. The summed E-state index contributed by atoms with van der Waals surface area (Å²) in [6.45, 7) is 2.66. The summed E-state index contributed by atoms with van der Waals surface area (Å²) in [6, 6.07) is 0.241. The van der Waals surface area contributed by atoms with Crippen molar-refractivity contribution >= 4 is 5.91 Å². The molecule has 1 fully saturated rings. The minimum atomic E-state index is -0.00783. The normalized spacial score (nSPS) is 18.2. The summed E-state index contributed by atoms with van der Waals surface area (Å²) in [6.07, 6.45) is 8.06. The van der Waals surface area contributed by atoms with Crippen LogP contribution in [0.3, 0.4) is 0 Å². The van der Waals surface area contributed by atoms with Gasteiger partial charge in [-0.1, -0.05) is 24.5 Å². The van der Waals surface area contributed by atoms with Crippen LogP contribution in [0.15, 0.2) is 6.20 Å². The maximum absolute atomic E-state index is 11.9. The van der Waals surface area contributed by atoms with E-state index in [1.54, 1.807) is 6.20 Å². The third kappa shape index (κ3) is 4.02. The van der Waals surface area contributed by atoms with Gasteiger partial charge in [-0.2, -0.15) is 0 Å². The molecule has 0 aromatic carbocycles. The van der Waals surface area contributed by atoms with Gasteiger partial charge >= 0.3 is 0 Å². The van der Waals surface area contributed by atoms with E-state index in [4.69, 9.17) is 5.73 Å². The number of amides is 1. The Morgan fingerprint density at radius 3 is 2.89 bits per heavy atom. The molecule has 0 radical (unpaired) electrons. The lowest BCUT2D eigenvalue weighted by molar-refractivity contribution is -0.122. The topological polar surface area (TPSA) is 85.8 Å². The highest BCUT2D eigenvalue weighted by Gasteiger charge is 2.21. The number of hydrogen-bond donors (Lipinski definition) is 2. The largest absolute Gasteiger partial charge is 0.352 e. The molecule has 3 N–H and O–H groups in total. The fourth-order valence-corrected chi connectivity index (χ4v) is 2.71. The predicted molar refractivity (Wildman–Crippen MR) is 72.1 cm³/mol. The van der Waals surface area contributed by atoms with Crippen LogP contribution in [0.2, 0.25) is 0 Å². The Balaban J connectivity index is 1.79. The van der Waals surface area contributed by atoms with E-state index in [0.717, 1.165) is 0 Å². The highest BCUT2D eigenvalue weighted by molar-refractivity contribution is 5.75. The van der Waals surface area contributed by atoms with Crippen LogP contribution in [-0.2, 0) is 17.9 Å². The Morgan fingerprint density at radius 1 is 1.53 bits per heavy atom. The first-order chi connectivity index (χ1) is 9.19. The third-order valence-electron chi connectivity index (χ3n) is 3.85. The lowest BCUT2D eigenvalue weighted by Crippen LogP contribution is -2.40. The SMILES string of the molecule is CC(NC(=O)Cn1cc(CN)nn1)C1CCCCC1. The lowest BCUT2D eigenvalue weighted by atomic mass is 9.84. The summed E-state index contributed by atoms with van der Waals surface area (Å²) in [7, 11) is 0. The molecule has 1 unspecified atom stereocenters. The van der Waals surface area contributed by atoms with Gasteiger partial charge in [-0.3, -0.25) is 4.79 Å². The molecule has 0 saturated heterocycles. The fraction of sp³-hybridized carbons (Fsp3) is 0.769. The van der Waals surface area contributed by atoms with E-state index in [1.165, 1.54) is 36.8 Å². The van der Waals surface area contributed by atoms with Gasteiger partial charge in [0.15, 0.2) is 0 Å². The van der Waals surface area contributed by atoms with Crippen LogP contribution >= 0.6 is 0 Å². The second-order valence-electron chi connectivity index (χ2n) is 5.37. The zero-order valence-electron chi connectivity index (χ0n) is 11.5. The predicted octanol–water partition coefficient (Wildman–Crippen LogP) is 0.822. The van der Waals surface area contributed by atoms with Crippen LogP contribution < -0.4 is 11.1 Å². The highest BCUT2D eigenvalue weighted by atomic mass is 16.2. The van der Waals surface area contributed by atoms with E-state index < -0.39 is 0 Å². The molecular formula is C13H23N5O. The number of carbonyl (C=O) groups is 1. The molecule has 2 rings (SSSR count). The zero-order chi connectivity index (χ0) is 13.7. The van der Waals surface area contributed by atoms with Crippen molar-refractivity contribution < 1.29 is 4.79 Å². The van der Waals surface area contributed by atoms with Gasteiger partial charge in [0, 0.05) is 12.6 Å². The first kappa shape index (κ1) is 14.0. The lowest BCUT2D eigenvalue weighted by Gasteiger charge is -2.28. The van der Waals surface area contributed by atoms with Crippen molar-refractivity contribution in [3.05, 3.63) is 11.9 Å². The van der Waals surface area contributed by atoms with Crippen molar-refractivity contribution in [1.29, 1.82) is 0 Å². The average Bonchev–Trinajstić information content (AvgIpc) is 2.87. The number of nitrogens with two attached hydrogens (primary N) is 1. The van der Waals surface area contributed by atoms with Crippen molar-refractivity contribution in [3.63, 3.8) is 0 Å². The van der Waals surface area contributed by atoms with Crippen LogP contribution in [-0.4, -0.2) is 26.9 Å². The maximum atomic E-state index is 11.9. The Morgan fingerprint density at radius 2 is 2.26 bits per heavy atom. The van der Waals surface area contributed by atoms with E-state index in [1.807, 2.05) is 0 Å². The summed E-state index contributed by atoms with van der Waals surface area (Å²) in [5.41, 5.74) is 6.16. The molecule has 1 aromatic rings. The van der Waals surface area contributed by atoms with Crippen LogP contribution in [0.1, 0.15) is 44.7 Å². The molecular weight excluding hydrogens is 242 g/mol. The van der Waals surface area contributed by atoms with Gasteiger partial charge < -0.3 is 11.1 Å². The van der Waals surface area contributed by atoms with Crippen LogP contribution in [0.25, 0.3) is 0 Å². The van der Waals surface area contributed by atoms with Crippen LogP contribution in [0.4, 0.5) is 0 Å². The van der Waals surface area contributed by atoms with E-state index in [-0.39, 0.29) is 18.5 Å². The number of carbonyl (C=O) groups excluding carboxylic acids is 1. The highest BCUT2D eigenvalue weighted by Crippen LogP contribution is 2.26. The molecule has 1 aliphatic carbocycles. The summed E-state index contributed by atoms with van der Waals surface area (Å²) in [5, 5.41) is 10.8. The molecule has 1 aromatic heterocycles. The van der Waals surface area contributed by atoms with Crippen molar-refractivity contribution in [2.24, 2.45) is 11.7 Å². The fourth-order valence-electron chi connectivity index (χ4n) is 2.71. The van der Waals surface area contributed by atoms with Crippen LogP contribution in [0.5, 0.6) is 0 Å². The van der Waals surface area contributed by atoms with Crippen molar-refractivity contribution in [2.75, 3.05) is 0 Å². The summed E-state index contributed by atoms with van der Waals surface area (Å²) < 4.78 is 1.53. The van der Waals surface area contributed by atoms with E-state index in [0.29, 0.717) is 18.2 Å². The van der Waals surface area contributed by atoms with Gasteiger partial charge in [-0.25, -0.2) is 4.68 Å². The molecule has 19 heavy (non-hydrogen) atoms. The number of hydrogen-bond acceptors (Lipinski definition) is 4. The van der Waals surface area contributed by atoms with Gasteiger partial charge in [0.2, 0.25) is 5.91 Å². The van der Waals surface area contributed by atoms with Gasteiger partial charge in [-0.05, 0) is 25.7 Å². The summed E-state index contributed by atoms with van der Waals surface area (Å²) in [4.78, 5) is 11.9. The van der Waals surface area contributed by atoms with Crippen molar-refractivity contribution in [1.82, 2.24) is 20.3 Å². The number of nitrogens with zero attached hydrogens (tertiary/aromatic N) is 3. The van der Waals surface area contributed by atoms with Gasteiger partial charge in [-0.15, -0.1) is 5.10 Å². The van der Waals surface area contributed by atoms with Crippen LogP contribution in [0, 0.1) is 5.92 Å². The smallest absolute Gasteiger partial charge is 0.242 e. The van der Waals surface area contributed by atoms with Gasteiger partial charge in [0.05, 0.1) is 11.9 Å². The van der Waals surface area contributed by atoms with Crippen molar-refractivity contribution in [3.8, 4) is 0 Å². The molecule has 0 spiro atoms. The van der Waals surface area contributed by atoms with E-state index in [2.05, 4.69) is 22.6 Å². The molecule has 106 valence electrons. The summed E-state index contributed by atoms with van der Waals surface area (Å²) >= 11 is 0. The van der Waals surface area contributed by atoms with Gasteiger partial charge in [0.25, 0.3) is 0 Å². The first-order valence-electron chi connectivity index (χ1n) is 7.07. The van der Waals surface area contributed by atoms with Crippen molar-refractivity contribution in [2.45, 2.75) is 58.2 Å². The van der Waals surface area contributed by atoms with Gasteiger partial charge in [0.1, 0.15) is 6.54 Å². The van der Waals surface area contributed by atoms with E-state index in [9.17, 15) is 4.79 Å². The average molecular weight is 265 g/mol. The monoisotopic (exact) mass is 265 g/mol. The number of nitrogens with one attached hydrogen (secondary N) is 1. The molecule has 1 heterocycles.